The zero-order valence-corrected chi connectivity index (χ0v) is 36.6. The molecule has 0 radical (unpaired) electrons. The summed E-state index contributed by atoms with van der Waals surface area (Å²) in [4.78, 5) is 2.37. The van der Waals surface area contributed by atoms with Crippen LogP contribution in [0.15, 0.2) is 233 Å². The van der Waals surface area contributed by atoms with Crippen LogP contribution in [0.4, 0.5) is 17.1 Å². The molecule has 0 bridgehead atoms. The first kappa shape index (κ1) is 38.1. The highest BCUT2D eigenvalue weighted by atomic mass is 16.3. The molecule has 0 saturated heterocycles. The van der Waals surface area contributed by atoms with E-state index in [2.05, 4.69) is 219 Å². The fourth-order valence-electron chi connectivity index (χ4n) is 10.6. The molecule has 66 heavy (non-hydrogen) atoms. The zero-order valence-electron chi connectivity index (χ0n) is 36.6. The Morgan fingerprint density at radius 1 is 0.303 bits per heavy atom. The van der Waals surface area contributed by atoms with Gasteiger partial charge in [0.25, 0.3) is 0 Å². The van der Waals surface area contributed by atoms with Crippen LogP contribution in [0.25, 0.3) is 99.5 Å². The van der Waals surface area contributed by atoms with E-state index in [4.69, 9.17) is 8.83 Å². The van der Waals surface area contributed by atoms with Crippen molar-refractivity contribution in [2.24, 2.45) is 0 Å². The fourth-order valence-corrected chi connectivity index (χ4v) is 10.6. The van der Waals surface area contributed by atoms with E-state index < -0.39 is 0 Å². The van der Waals surface area contributed by atoms with Crippen LogP contribution in [-0.2, 0) is 5.41 Å². The summed E-state index contributed by atoms with van der Waals surface area (Å²) < 4.78 is 13.0. The minimum Gasteiger partial charge on any atom is -0.455 e. The van der Waals surface area contributed by atoms with Gasteiger partial charge in [0, 0.05) is 55.1 Å². The second-order valence-electron chi connectivity index (χ2n) is 18.1. The van der Waals surface area contributed by atoms with Crippen molar-refractivity contribution in [3.8, 4) is 55.6 Å². The van der Waals surface area contributed by atoms with E-state index in [1.54, 1.807) is 0 Å². The van der Waals surface area contributed by atoms with E-state index in [1.807, 2.05) is 24.3 Å². The summed E-state index contributed by atoms with van der Waals surface area (Å²) in [5.41, 5.74) is 21.1. The van der Waals surface area contributed by atoms with Gasteiger partial charge in [0.15, 0.2) is 0 Å². The van der Waals surface area contributed by atoms with Crippen LogP contribution < -0.4 is 4.90 Å². The first-order chi connectivity index (χ1) is 32.5. The lowest BCUT2D eigenvalue weighted by molar-refractivity contribution is 0.660. The second-order valence-corrected chi connectivity index (χ2v) is 18.1. The highest BCUT2D eigenvalue weighted by Crippen LogP contribution is 2.51. The number of hydrogen-bond acceptors (Lipinski definition) is 3. The monoisotopic (exact) mass is 845 g/mol. The SMILES string of the molecule is CC1(C)c2ccc(-c3cccc(N(c4ccc(-c5cccc6c5oc5ccccc56)cc4)c4cccc(-c5cccc6c5oc5ccccc56)c4)c3)cc2-c2ccc(-c3ccccc3)cc21. The Balaban J connectivity index is 0.930. The van der Waals surface area contributed by atoms with Gasteiger partial charge >= 0.3 is 0 Å². The molecule has 0 N–H and O–H groups in total. The molecule has 13 rings (SSSR count). The molecule has 0 amide bonds. The molecule has 2 aromatic heterocycles. The topological polar surface area (TPSA) is 29.5 Å². The van der Waals surface area contributed by atoms with Crippen molar-refractivity contribution in [1.29, 1.82) is 0 Å². The quantitative estimate of drug-likeness (QED) is 0.160. The average molecular weight is 846 g/mol. The van der Waals surface area contributed by atoms with Crippen molar-refractivity contribution < 1.29 is 8.83 Å². The van der Waals surface area contributed by atoms with Crippen molar-refractivity contribution in [2.75, 3.05) is 4.90 Å². The Labute approximate surface area is 383 Å². The summed E-state index contributed by atoms with van der Waals surface area (Å²) in [6.45, 7) is 4.71. The van der Waals surface area contributed by atoms with Gasteiger partial charge in [0.1, 0.15) is 22.3 Å². The van der Waals surface area contributed by atoms with Crippen LogP contribution in [-0.4, -0.2) is 0 Å². The number of para-hydroxylation sites is 4. The molecule has 312 valence electrons. The lowest BCUT2D eigenvalue weighted by Gasteiger charge is -2.27. The second kappa shape index (κ2) is 14.8. The van der Waals surface area contributed by atoms with E-state index in [0.29, 0.717) is 0 Å². The molecule has 0 spiro atoms. The maximum absolute atomic E-state index is 6.55. The first-order valence-corrected chi connectivity index (χ1v) is 22.7. The third-order valence-corrected chi connectivity index (χ3v) is 13.9. The van der Waals surface area contributed by atoms with Crippen LogP contribution in [0.3, 0.4) is 0 Å². The van der Waals surface area contributed by atoms with Gasteiger partial charge < -0.3 is 13.7 Å². The van der Waals surface area contributed by atoms with Gasteiger partial charge in [-0.05, 0) is 116 Å². The predicted molar refractivity (Wildman–Crippen MR) is 275 cm³/mol. The summed E-state index contributed by atoms with van der Waals surface area (Å²) in [5.74, 6) is 0. The van der Waals surface area contributed by atoms with Crippen LogP contribution in [0.5, 0.6) is 0 Å². The zero-order chi connectivity index (χ0) is 43.9. The molecular formula is C63H43NO2. The summed E-state index contributed by atoms with van der Waals surface area (Å²) in [6, 6.07) is 80.9. The van der Waals surface area contributed by atoms with Crippen LogP contribution in [0, 0.1) is 0 Å². The Bertz CT molecular complexity index is 3850. The molecule has 2 heterocycles. The van der Waals surface area contributed by atoms with Gasteiger partial charge in [-0.2, -0.15) is 0 Å². The number of anilines is 3. The van der Waals surface area contributed by atoms with Crippen molar-refractivity contribution in [2.45, 2.75) is 19.3 Å². The molecule has 0 fully saturated rings. The van der Waals surface area contributed by atoms with E-state index in [-0.39, 0.29) is 5.41 Å². The van der Waals surface area contributed by atoms with Crippen molar-refractivity contribution in [1.82, 2.24) is 0 Å². The summed E-state index contributed by atoms with van der Waals surface area (Å²) >= 11 is 0. The standard InChI is InChI=1S/C63H43NO2/c1-63(2)57-35-31-43(38-56(57)51-34-30-44(39-58(51)63)40-14-4-3-5-15-40)42-16-10-18-47(36-42)64(46-32-28-41(29-33-46)49-22-12-24-54-52-20-6-8-26-59(52)65-61(49)54)48-19-11-17-45(37-48)50-23-13-25-55-53-21-7-9-27-60(53)66-62(50)55/h3-39H,1-2H3. The summed E-state index contributed by atoms with van der Waals surface area (Å²) in [5, 5.41) is 4.49. The Hall–Kier alpha value is -8.40. The van der Waals surface area contributed by atoms with Gasteiger partial charge in [0.05, 0.1) is 0 Å². The van der Waals surface area contributed by atoms with Gasteiger partial charge in [-0.25, -0.2) is 0 Å². The third kappa shape index (κ3) is 6.04. The predicted octanol–water partition coefficient (Wildman–Crippen LogP) is 17.9. The molecule has 0 atom stereocenters. The molecule has 3 nitrogen and oxygen atoms in total. The first-order valence-electron chi connectivity index (χ1n) is 22.7. The van der Waals surface area contributed by atoms with E-state index in [9.17, 15) is 0 Å². The maximum Gasteiger partial charge on any atom is 0.143 e. The number of hydrogen-bond donors (Lipinski definition) is 0. The molecule has 10 aromatic carbocycles. The molecule has 0 unspecified atom stereocenters. The molecule has 0 saturated carbocycles. The molecule has 1 aliphatic rings. The molecule has 1 aliphatic carbocycles. The van der Waals surface area contributed by atoms with Crippen molar-refractivity contribution in [3.05, 3.63) is 236 Å². The van der Waals surface area contributed by atoms with E-state index in [1.165, 1.54) is 38.9 Å². The number of fused-ring (bicyclic) bond motifs is 9. The molecule has 12 aromatic rings. The number of benzene rings is 10. The molecule has 0 aliphatic heterocycles. The smallest absolute Gasteiger partial charge is 0.143 e. The number of nitrogens with zero attached hydrogens (tertiary/aromatic N) is 1. The summed E-state index contributed by atoms with van der Waals surface area (Å²) in [7, 11) is 0. The van der Waals surface area contributed by atoms with Crippen molar-refractivity contribution in [3.63, 3.8) is 0 Å². The van der Waals surface area contributed by atoms with Crippen LogP contribution in [0.1, 0.15) is 25.0 Å². The van der Waals surface area contributed by atoms with E-state index in [0.717, 1.165) is 88.8 Å². The van der Waals surface area contributed by atoms with Gasteiger partial charge in [-0.1, -0.05) is 178 Å². The highest BCUT2D eigenvalue weighted by molar-refractivity contribution is 6.11. The molecule has 3 heteroatoms. The highest BCUT2D eigenvalue weighted by Gasteiger charge is 2.36. The summed E-state index contributed by atoms with van der Waals surface area (Å²) in [6.07, 6.45) is 0. The molecular weight excluding hydrogens is 803 g/mol. The maximum atomic E-state index is 6.55. The van der Waals surface area contributed by atoms with E-state index >= 15 is 0 Å². The largest absolute Gasteiger partial charge is 0.455 e. The Morgan fingerprint density at radius 2 is 0.803 bits per heavy atom. The Kier molecular flexibility index (Phi) is 8.56. The lowest BCUT2D eigenvalue weighted by Crippen LogP contribution is -2.15. The van der Waals surface area contributed by atoms with Gasteiger partial charge in [-0.3, -0.25) is 0 Å². The normalized spacial score (nSPS) is 12.8. The third-order valence-electron chi connectivity index (χ3n) is 13.9. The van der Waals surface area contributed by atoms with Crippen LogP contribution in [0.2, 0.25) is 0 Å². The van der Waals surface area contributed by atoms with Crippen LogP contribution >= 0.6 is 0 Å². The minimum absolute atomic E-state index is 0.119. The average Bonchev–Trinajstić information content (AvgIpc) is 4.02. The van der Waals surface area contributed by atoms with Gasteiger partial charge in [0.2, 0.25) is 0 Å². The minimum atomic E-state index is -0.119. The number of furan rings is 2. The lowest BCUT2D eigenvalue weighted by atomic mass is 9.81. The van der Waals surface area contributed by atoms with Crippen molar-refractivity contribution >= 4 is 60.9 Å². The fraction of sp³-hybridized carbons (Fsp3) is 0.0476. The van der Waals surface area contributed by atoms with Gasteiger partial charge in [-0.15, -0.1) is 0 Å². The Morgan fingerprint density at radius 3 is 1.48 bits per heavy atom. The number of rotatable bonds is 7.